The summed E-state index contributed by atoms with van der Waals surface area (Å²) in [6.07, 6.45) is 3.27. The third-order valence-corrected chi connectivity index (χ3v) is 2.83. The molecule has 2 rings (SSSR count). The SMILES string of the molecule is COc1ccc(C(C)Nc2ncc(OC)cn2)cc1. The molecule has 100 valence electrons. The number of hydrogen-bond acceptors (Lipinski definition) is 5. The van der Waals surface area contributed by atoms with E-state index in [-0.39, 0.29) is 6.04 Å². The monoisotopic (exact) mass is 259 g/mol. The van der Waals surface area contributed by atoms with Crippen molar-refractivity contribution in [3.63, 3.8) is 0 Å². The molecule has 5 heteroatoms. The van der Waals surface area contributed by atoms with Gasteiger partial charge < -0.3 is 14.8 Å². The van der Waals surface area contributed by atoms with Crippen LogP contribution in [0.4, 0.5) is 5.95 Å². The minimum Gasteiger partial charge on any atom is -0.497 e. The standard InChI is InChI=1S/C14H17N3O2/c1-10(11-4-6-12(18-2)7-5-11)17-14-15-8-13(19-3)9-16-14/h4-10H,1-3H3,(H,15,16,17). The third kappa shape index (κ3) is 3.34. The molecule has 1 heterocycles. The third-order valence-electron chi connectivity index (χ3n) is 2.83. The lowest BCUT2D eigenvalue weighted by molar-refractivity contribution is 0.411. The van der Waals surface area contributed by atoms with E-state index in [1.807, 2.05) is 24.3 Å². The van der Waals surface area contributed by atoms with Crippen LogP contribution < -0.4 is 14.8 Å². The summed E-state index contributed by atoms with van der Waals surface area (Å²) in [6, 6.07) is 8.00. The first-order chi connectivity index (χ1) is 9.22. The van der Waals surface area contributed by atoms with Gasteiger partial charge in [0.15, 0.2) is 5.75 Å². The number of anilines is 1. The van der Waals surface area contributed by atoms with Gasteiger partial charge in [-0.1, -0.05) is 12.1 Å². The average molecular weight is 259 g/mol. The first-order valence-electron chi connectivity index (χ1n) is 5.99. The van der Waals surface area contributed by atoms with E-state index in [2.05, 4.69) is 22.2 Å². The first-order valence-corrected chi connectivity index (χ1v) is 5.99. The number of rotatable bonds is 5. The molecule has 0 bridgehead atoms. The Labute approximate surface area is 112 Å². The molecule has 0 aliphatic heterocycles. The van der Waals surface area contributed by atoms with Crippen LogP contribution in [-0.4, -0.2) is 24.2 Å². The molecule has 0 radical (unpaired) electrons. The fraction of sp³-hybridized carbons (Fsp3) is 0.286. The van der Waals surface area contributed by atoms with Gasteiger partial charge in [0.1, 0.15) is 5.75 Å². The molecule has 0 saturated carbocycles. The Morgan fingerprint density at radius 3 is 2.05 bits per heavy atom. The summed E-state index contributed by atoms with van der Waals surface area (Å²) in [5, 5.41) is 3.23. The van der Waals surface area contributed by atoms with Gasteiger partial charge in [-0.05, 0) is 24.6 Å². The fourth-order valence-corrected chi connectivity index (χ4v) is 1.67. The van der Waals surface area contributed by atoms with Crippen molar-refractivity contribution in [3.05, 3.63) is 42.2 Å². The Bertz CT molecular complexity index is 511. The van der Waals surface area contributed by atoms with Crippen LogP contribution in [0, 0.1) is 0 Å². The van der Waals surface area contributed by atoms with Crippen LogP contribution in [0.25, 0.3) is 0 Å². The lowest BCUT2D eigenvalue weighted by Gasteiger charge is -2.14. The Morgan fingerprint density at radius 2 is 1.53 bits per heavy atom. The van der Waals surface area contributed by atoms with Crippen LogP contribution >= 0.6 is 0 Å². The highest BCUT2D eigenvalue weighted by molar-refractivity contribution is 5.35. The second kappa shape index (κ2) is 6.04. The van der Waals surface area contributed by atoms with Gasteiger partial charge in [-0.2, -0.15) is 0 Å². The van der Waals surface area contributed by atoms with Crippen molar-refractivity contribution in [3.8, 4) is 11.5 Å². The van der Waals surface area contributed by atoms with Crippen LogP contribution in [-0.2, 0) is 0 Å². The zero-order valence-electron chi connectivity index (χ0n) is 11.3. The number of methoxy groups -OCH3 is 2. The zero-order chi connectivity index (χ0) is 13.7. The van der Waals surface area contributed by atoms with Gasteiger partial charge in [0, 0.05) is 0 Å². The van der Waals surface area contributed by atoms with Gasteiger partial charge in [-0.3, -0.25) is 0 Å². The van der Waals surface area contributed by atoms with Crippen LogP contribution in [0.5, 0.6) is 11.5 Å². The van der Waals surface area contributed by atoms with Crippen molar-refractivity contribution in [2.75, 3.05) is 19.5 Å². The molecular weight excluding hydrogens is 242 g/mol. The van der Waals surface area contributed by atoms with Crippen molar-refractivity contribution in [2.24, 2.45) is 0 Å². The molecule has 1 aromatic carbocycles. The molecule has 1 N–H and O–H groups in total. The number of ether oxygens (including phenoxy) is 2. The van der Waals surface area contributed by atoms with Gasteiger partial charge >= 0.3 is 0 Å². The maximum absolute atomic E-state index is 5.13. The quantitative estimate of drug-likeness (QED) is 0.894. The Balaban J connectivity index is 2.04. The van der Waals surface area contributed by atoms with Gasteiger partial charge in [-0.15, -0.1) is 0 Å². The number of hydrogen-bond donors (Lipinski definition) is 1. The molecule has 0 amide bonds. The summed E-state index contributed by atoms with van der Waals surface area (Å²) in [7, 11) is 3.24. The maximum atomic E-state index is 5.13. The minimum atomic E-state index is 0.110. The van der Waals surface area contributed by atoms with E-state index in [4.69, 9.17) is 9.47 Å². The Morgan fingerprint density at radius 1 is 0.947 bits per heavy atom. The van der Waals surface area contributed by atoms with Crippen LogP contribution in [0.1, 0.15) is 18.5 Å². The molecule has 19 heavy (non-hydrogen) atoms. The average Bonchev–Trinajstić information content (AvgIpc) is 2.48. The van der Waals surface area contributed by atoms with E-state index in [9.17, 15) is 0 Å². The summed E-state index contributed by atoms with van der Waals surface area (Å²) < 4.78 is 10.2. The van der Waals surface area contributed by atoms with Crippen LogP contribution in [0.2, 0.25) is 0 Å². The fourth-order valence-electron chi connectivity index (χ4n) is 1.67. The second-order valence-electron chi connectivity index (χ2n) is 4.09. The smallest absolute Gasteiger partial charge is 0.223 e. The van der Waals surface area contributed by atoms with Gasteiger partial charge in [0.05, 0.1) is 32.7 Å². The van der Waals surface area contributed by atoms with Gasteiger partial charge in [0.2, 0.25) is 5.95 Å². The summed E-state index contributed by atoms with van der Waals surface area (Å²) >= 11 is 0. The predicted molar refractivity (Wildman–Crippen MR) is 73.6 cm³/mol. The minimum absolute atomic E-state index is 0.110. The summed E-state index contributed by atoms with van der Waals surface area (Å²) in [5.74, 6) is 2.06. The summed E-state index contributed by atoms with van der Waals surface area (Å²) in [4.78, 5) is 8.35. The molecule has 1 unspecified atom stereocenters. The highest BCUT2D eigenvalue weighted by Gasteiger charge is 2.07. The van der Waals surface area contributed by atoms with E-state index in [1.54, 1.807) is 26.6 Å². The molecule has 5 nitrogen and oxygen atoms in total. The Kier molecular flexibility index (Phi) is 4.18. The number of nitrogens with zero attached hydrogens (tertiary/aromatic N) is 2. The van der Waals surface area contributed by atoms with Crippen LogP contribution in [0.15, 0.2) is 36.7 Å². The molecule has 1 aromatic heterocycles. The van der Waals surface area contributed by atoms with E-state index in [0.717, 1.165) is 11.3 Å². The van der Waals surface area contributed by atoms with Crippen molar-refractivity contribution < 1.29 is 9.47 Å². The van der Waals surface area contributed by atoms with Crippen molar-refractivity contribution in [2.45, 2.75) is 13.0 Å². The molecule has 0 aliphatic rings. The molecule has 0 aliphatic carbocycles. The molecular formula is C14H17N3O2. The first kappa shape index (κ1) is 13.1. The number of nitrogens with one attached hydrogen (secondary N) is 1. The lowest BCUT2D eigenvalue weighted by atomic mass is 10.1. The van der Waals surface area contributed by atoms with E-state index in [0.29, 0.717) is 11.7 Å². The lowest BCUT2D eigenvalue weighted by Crippen LogP contribution is -2.09. The normalized spacial score (nSPS) is 11.7. The van der Waals surface area contributed by atoms with E-state index >= 15 is 0 Å². The molecule has 0 saturated heterocycles. The van der Waals surface area contributed by atoms with Crippen molar-refractivity contribution in [1.82, 2.24) is 9.97 Å². The van der Waals surface area contributed by atoms with Crippen LogP contribution in [0.3, 0.4) is 0 Å². The van der Waals surface area contributed by atoms with E-state index in [1.165, 1.54) is 0 Å². The molecule has 2 aromatic rings. The maximum Gasteiger partial charge on any atom is 0.223 e. The molecule has 1 atom stereocenters. The summed E-state index contributed by atoms with van der Waals surface area (Å²) in [6.45, 7) is 2.05. The van der Waals surface area contributed by atoms with Crippen molar-refractivity contribution >= 4 is 5.95 Å². The number of benzene rings is 1. The summed E-state index contributed by atoms with van der Waals surface area (Å²) in [5.41, 5.74) is 1.14. The zero-order valence-corrected chi connectivity index (χ0v) is 11.3. The second-order valence-corrected chi connectivity index (χ2v) is 4.09. The Hall–Kier alpha value is -2.30. The molecule has 0 spiro atoms. The number of aromatic nitrogens is 2. The predicted octanol–water partition coefficient (Wildman–Crippen LogP) is 2.67. The topological polar surface area (TPSA) is 56.3 Å². The highest BCUT2D eigenvalue weighted by atomic mass is 16.5. The highest BCUT2D eigenvalue weighted by Crippen LogP contribution is 2.20. The molecule has 0 fully saturated rings. The van der Waals surface area contributed by atoms with Gasteiger partial charge in [-0.25, -0.2) is 9.97 Å². The van der Waals surface area contributed by atoms with Crippen molar-refractivity contribution in [1.29, 1.82) is 0 Å². The van der Waals surface area contributed by atoms with E-state index < -0.39 is 0 Å². The largest absolute Gasteiger partial charge is 0.497 e. The van der Waals surface area contributed by atoms with Gasteiger partial charge in [0.25, 0.3) is 0 Å².